The van der Waals surface area contributed by atoms with E-state index in [1.165, 1.54) is 31.6 Å². The average molecular weight is 297 g/mol. The van der Waals surface area contributed by atoms with Gasteiger partial charge in [0.15, 0.2) is 5.82 Å². The molecule has 0 aliphatic heterocycles. The van der Waals surface area contributed by atoms with Gasteiger partial charge in [-0.05, 0) is 12.1 Å². The summed E-state index contributed by atoms with van der Waals surface area (Å²) in [6, 6.07) is 6.35. The SMILES string of the molecule is CNC(=O)c1cnc(-n2ccc3cc([N+](=O)[O-])ccc32)cn1. The van der Waals surface area contributed by atoms with E-state index < -0.39 is 4.92 Å². The Hall–Kier alpha value is -3.29. The summed E-state index contributed by atoms with van der Waals surface area (Å²) in [6.45, 7) is 0. The molecule has 0 aliphatic rings. The van der Waals surface area contributed by atoms with Crippen molar-refractivity contribution < 1.29 is 9.72 Å². The first-order valence-corrected chi connectivity index (χ1v) is 6.40. The van der Waals surface area contributed by atoms with Gasteiger partial charge in [0, 0.05) is 30.8 Å². The Morgan fingerprint density at radius 3 is 2.73 bits per heavy atom. The molecule has 0 saturated heterocycles. The van der Waals surface area contributed by atoms with Crippen LogP contribution in [0, 0.1) is 10.1 Å². The first-order chi connectivity index (χ1) is 10.6. The van der Waals surface area contributed by atoms with Crippen LogP contribution in [-0.4, -0.2) is 32.4 Å². The van der Waals surface area contributed by atoms with E-state index in [1.807, 2.05) is 0 Å². The predicted molar refractivity (Wildman–Crippen MR) is 78.9 cm³/mol. The lowest BCUT2D eigenvalue weighted by Crippen LogP contribution is -2.19. The number of carbonyl (C=O) groups excluding carboxylic acids is 1. The Morgan fingerprint density at radius 2 is 2.09 bits per heavy atom. The molecule has 0 saturated carbocycles. The second-order valence-electron chi connectivity index (χ2n) is 4.52. The number of nitro benzene ring substituents is 1. The molecule has 0 atom stereocenters. The number of aromatic nitrogens is 3. The van der Waals surface area contributed by atoms with E-state index in [9.17, 15) is 14.9 Å². The molecule has 0 fully saturated rings. The third kappa shape index (κ3) is 2.26. The molecule has 1 amide bonds. The smallest absolute Gasteiger partial charge is 0.271 e. The Kier molecular flexibility index (Phi) is 3.26. The van der Waals surface area contributed by atoms with Crippen molar-refractivity contribution in [1.29, 1.82) is 0 Å². The van der Waals surface area contributed by atoms with Crippen LogP contribution < -0.4 is 5.32 Å². The fourth-order valence-electron chi connectivity index (χ4n) is 2.13. The number of hydrogen-bond donors (Lipinski definition) is 1. The number of hydrogen-bond acceptors (Lipinski definition) is 5. The molecule has 0 unspecified atom stereocenters. The van der Waals surface area contributed by atoms with Crippen LogP contribution >= 0.6 is 0 Å². The zero-order chi connectivity index (χ0) is 15.7. The maximum absolute atomic E-state index is 11.4. The molecule has 3 aromatic rings. The lowest BCUT2D eigenvalue weighted by molar-refractivity contribution is -0.384. The number of carbonyl (C=O) groups is 1. The zero-order valence-electron chi connectivity index (χ0n) is 11.6. The van der Waals surface area contributed by atoms with Crippen LogP contribution in [0.3, 0.4) is 0 Å². The first kappa shape index (κ1) is 13.7. The Morgan fingerprint density at radius 1 is 1.27 bits per heavy atom. The third-order valence-corrected chi connectivity index (χ3v) is 3.23. The van der Waals surface area contributed by atoms with E-state index in [4.69, 9.17) is 0 Å². The molecule has 2 heterocycles. The van der Waals surface area contributed by atoms with Gasteiger partial charge in [-0.3, -0.25) is 19.5 Å². The number of rotatable bonds is 3. The van der Waals surface area contributed by atoms with Gasteiger partial charge in [-0.1, -0.05) is 0 Å². The van der Waals surface area contributed by atoms with Crippen LogP contribution in [0.5, 0.6) is 0 Å². The summed E-state index contributed by atoms with van der Waals surface area (Å²) in [5.74, 6) is 0.212. The number of nitrogens with one attached hydrogen (secondary N) is 1. The van der Waals surface area contributed by atoms with Gasteiger partial charge >= 0.3 is 0 Å². The molecule has 0 bridgehead atoms. The molecule has 110 valence electrons. The highest BCUT2D eigenvalue weighted by molar-refractivity contribution is 5.91. The summed E-state index contributed by atoms with van der Waals surface area (Å²) in [5, 5.41) is 14.0. The molecule has 8 nitrogen and oxygen atoms in total. The van der Waals surface area contributed by atoms with Gasteiger partial charge in [-0.25, -0.2) is 9.97 Å². The predicted octanol–water partition coefficient (Wildman–Crippen LogP) is 1.69. The lowest BCUT2D eigenvalue weighted by atomic mass is 10.2. The van der Waals surface area contributed by atoms with E-state index in [0.717, 1.165) is 10.9 Å². The minimum absolute atomic E-state index is 0.0336. The fraction of sp³-hybridized carbons (Fsp3) is 0.0714. The maximum Gasteiger partial charge on any atom is 0.271 e. The van der Waals surface area contributed by atoms with Crippen molar-refractivity contribution in [2.24, 2.45) is 0 Å². The van der Waals surface area contributed by atoms with Crippen molar-refractivity contribution in [3.05, 3.63) is 58.7 Å². The van der Waals surface area contributed by atoms with Gasteiger partial charge in [0.05, 0.1) is 22.8 Å². The van der Waals surface area contributed by atoms with Crippen molar-refractivity contribution >= 4 is 22.5 Å². The van der Waals surface area contributed by atoms with E-state index in [1.54, 1.807) is 22.9 Å². The van der Waals surface area contributed by atoms with E-state index in [0.29, 0.717) is 5.82 Å². The fourth-order valence-corrected chi connectivity index (χ4v) is 2.13. The molecule has 2 aromatic heterocycles. The Balaban J connectivity index is 2.03. The van der Waals surface area contributed by atoms with Crippen LogP contribution in [-0.2, 0) is 0 Å². The molecule has 1 aromatic carbocycles. The van der Waals surface area contributed by atoms with E-state index in [-0.39, 0.29) is 17.3 Å². The normalized spacial score (nSPS) is 10.6. The van der Waals surface area contributed by atoms with Crippen LogP contribution in [0.4, 0.5) is 5.69 Å². The number of nitrogens with zero attached hydrogens (tertiary/aromatic N) is 4. The second-order valence-corrected chi connectivity index (χ2v) is 4.52. The summed E-state index contributed by atoms with van der Waals surface area (Å²) < 4.78 is 1.75. The maximum atomic E-state index is 11.4. The molecule has 3 rings (SSSR count). The zero-order valence-corrected chi connectivity index (χ0v) is 11.6. The van der Waals surface area contributed by atoms with Crippen molar-refractivity contribution in [1.82, 2.24) is 19.9 Å². The molecule has 8 heteroatoms. The largest absolute Gasteiger partial charge is 0.354 e. The van der Waals surface area contributed by atoms with Crippen LogP contribution in [0.15, 0.2) is 42.9 Å². The van der Waals surface area contributed by atoms with Crippen molar-refractivity contribution in [2.45, 2.75) is 0 Å². The average Bonchev–Trinajstić information content (AvgIpc) is 2.97. The standard InChI is InChI=1S/C14H11N5O3/c1-15-14(20)11-7-17-13(8-16-11)18-5-4-9-6-10(19(21)22)2-3-12(9)18/h2-8H,1H3,(H,15,20). The van der Waals surface area contributed by atoms with Gasteiger partial charge in [-0.15, -0.1) is 0 Å². The quantitative estimate of drug-likeness (QED) is 0.585. The Bertz CT molecular complexity index is 870. The summed E-state index contributed by atoms with van der Waals surface area (Å²) in [5.41, 5.74) is 1.03. The number of fused-ring (bicyclic) bond motifs is 1. The van der Waals surface area contributed by atoms with Crippen LogP contribution in [0.2, 0.25) is 0 Å². The summed E-state index contributed by atoms with van der Waals surface area (Å²) in [7, 11) is 1.52. The summed E-state index contributed by atoms with van der Waals surface area (Å²) in [4.78, 5) is 30.1. The topological polar surface area (TPSA) is 103 Å². The monoisotopic (exact) mass is 297 g/mol. The minimum Gasteiger partial charge on any atom is -0.354 e. The molecule has 0 spiro atoms. The van der Waals surface area contributed by atoms with E-state index in [2.05, 4.69) is 15.3 Å². The van der Waals surface area contributed by atoms with Crippen molar-refractivity contribution in [3.63, 3.8) is 0 Å². The summed E-state index contributed by atoms with van der Waals surface area (Å²) >= 11 is 0. The van der Waals surface area contributed by atoms with Gasteiger partial charge in [0.25, 0.3) is 11.6 Å². The van der Waals surface area contributed by atoms with Crippen molar-refractivity contribution in [3.8, 4) is 5.82 Å². The molecule has 0 radical (unpaired) electrons. The highest BCUT2D eigenvalue weighted by Crippen LogP contribution is 2.23. The molecule has 22 heavy (non-hydrogen) atoms. The molecular formula is C14H11N5O3. The second kappa shape index (κ2) is 5.24. The first-order valence-electron chi connectivity index (χ1n) is 6.40. The van der Waals surface area contributed by atoms with E-state index >= 15 is 0 Å². The van der Waals surface area contributed by atoms with Gasteiger partial charge in [0.1, 0.15) is 5.69 Å². The van der Waals surface area contributed by atoms with Gasteiger partial charge in [0.2, 0.25) is 0 Å². The Labute approximate surface area is 124 Å². The van der Waals surface area contributed by atoms with Crippen LogP contribution in [0.1, 0.15) is 10.5 Å². The summed E-state index contributed by atoms with van der Waals surface area (Å²) in [6.07, 6.45) is 4.61. The highest BCUT2D eigenvalue weighted by atomic mass is 16.6. The molecule has 0 aliphatic carbocycles. The lowest BCUT2D eigenvalue weighted by Gasteiger charge is -2.05. The van der Waals surface area contributed by atoms with Gasteiger partial charge in [-0.2, -0.15) is 0 Å². The molecule has 1 N–H and O–H groups in total. The van der Waals surface area contributed by atoms with Crippen LogP contribution in [0.25, 0.3) is 16.7 Å². The minimum atomic E-state index is -0.436. The van der Waals surface area contributed by atoms with Gasteiger partial charge < -0.3 is 5.32 Å². The number of amides is 1. The number of nitro groups is 1. The number of non-ortho nitro benzene ring substituents is 1. The highest BCUT2D eigenvalue weighted by Gasteiger charge is 2.11. The molecular weight excluding hydrogens is 286 g/mol. The van der Waals surface area contributed by atoms with Crippen molar-refractivity contribution in [2.75, 3.05) is 7.05 Å². The number of benzene rings is 1. The third-order valence-electron chi connectivity index (χ3n) is 3.23.